The van der Waals surface area contributed by atoms with Gasteiger partial charge in [-0.3, -0.25) is 14.5 Å². The van der Waals surface area contributed by atoms with Crippen LogP contribution in [0, 0.1) is 6.92 Å². The van der Waals surface area contributed by atoms with Gasteiger partial charge in [-0.15, -0.1) is 0 Å². The minimum atomic E-state index is -0.201. The van der Waals surface area contributed by atoms with Crippen molar-refractivity contribution in [1.29, 1.82) is 0 Å². The van der Waals surface area contributed by atoms with Crippen LogP contribution in [0.4, 0.5) is 11.4 Å². The monoisotopic (exact) mass is 381 g/mol. The molecule has 0 fully saturated rings. The summed E-state index contributed by atoms with van der Waals surface area (Å²) in [6.45, 7) is 5.29. The van der Waals surface area contributed by atoms with Crippen LogP contribution < -0.4 is 15.0 Å². The number of hydrogen-bond acceptors (Lipinski definition) is 4. The van der Waals surface area contributed by atoms with Crippen LogP contribution in [0.3, 0.4) is 0 Å². The van der Waals surface area contributed by atoms with Gasteiger partial charge in [0.1, 0.15) is 12.4 Å². The summed E-state index contributed by atoms with van der Waals surface area (Å²) in [6.07, 6.45) is 0.278. The second kappa shape index (κ2) is 8.89. The number of fused-ring (bicyclic) bond motifs is 1. The van der Waals surface area contributed by atoms with Crippen LogP contribution >= 0.6 is 0 Å². The molecule has 6 nitrogen and oxygen atoms in total. The molecule has 1 atom stereocenters. The van der Waals surface area contributed by atoms with Crippen molar-refractivity contribution in [3.63, 3.8) is 0 Å². The van der Waals surface area contributed by atoms with Crippen LogP contribution in [0.15, 0.2) is 48.5 Å². The van der Waals surface area contributed by atoms with E-state index in [-0.39, 0.29) is 30.8 Å². The van der Waals surface area contributed by atoms with Gasteiger partial charge in [-0.05, 0) is 44.7 Å². The van der Waals surface area contributed by atoms with Crippen molar-refractivity contribution in [1.82, 2.24) is 4.90 Å². The maximum absolute atomic E-state index is 13.0. The summed E-state index contributed by atoms with van der Waals surface area (Å²) in [5, 5.41) is 2.88. The van der Waals surface area contributed by atoms with Crippen molar-refractivity contribution in [2.75, 3.05) is 37.0 Å². The Morgan fingerprint density at radius 2 is 1.93 bits per heavy atom. The molecule has 1 heterocycles. The summed E-state index contributed by atoms with van der Waals surface area (Å²) in [6, 6.07) is 15.1. The first-order valence-corrected chi connectivity index (χ1v) is 9.53. The Morgan fingerprint density at radius 1 is 1.21 bits per heavy atom. The number of carbonyl (C=O) groups is 2. The Hall–Kier alpha value is -2.86. The highest BCUT2D eigenvalue weighted by molar-refractivity contribution is 6.04. The summed E-state index contributed by atoms with van der Waals surface area (Å²) in [5.41, 5.74) is 2.51. The Balaban J connectivity index is 1.61. The number of carbonyl (C=O) groups excluding carboxylic acids is 2. The number of nitrogens with zero attached hydrogens (tertiary/aromatic N) is 2. The molecule has 28 heavy (non-hydrogen) atoms. The lowest BCUT2D eigenvalue weighted by Gasteiger charge is -2.29. The van der Waals surface area contributed by atoms with Crippen molar-refractivity contribution >= 4 is 23.2 Å². The first kappa shape index (κ1) is 19.9. The number of ether oxygens (including phenoxy) is 1. The van der Waals surface area contributed by atoms with Gasteiger partial charge in [0, 0.05) is 19.0 Å². The zero-order chi connectivity index (χ0) is 20.1. The molecule has 6 heteroatoms. The quantitative estimate of drug-likeness (QED) is 0.835. The number of anilines is 2. The number of likely N-dealkylation sites (N-methyl/N-ethyl adjacent to an activating group) is 1. The van der Waals surface area contributed by atoms with E-state index in [1.54, 1.807) is 4.90 Å². The normalized spacial score (nSPS) is 16.4. The zero-order valence-electron chi connectivity index (χ0n) is 16.6. The predicted octanol–water partition coefficient (Wildman–Crippen LogP) is 3.07. The molecule has 0 saturated carbocycles. The molecule has 0 aliphatic carbocycles. The molecule has 0 saturated heterocycles. The number of rotatable bonds is 6. The number of hydrogen-bond donors (Lipinski definition) is 1. The van der Waals surface area contributed by atoms with E-state index < -0.39 is 0 Å². The molecule has 1 N–H and O–H groups in total. The van der Waals surface area contributed by atoms with Gasteiger partial charge < -0.3 is 15.0 Å². The van der Waals surface area contributed by atoms with Crippen molar-refractivity contribution in [3.05, 3.63) is 54.1 Å². The zero-order valence-corrected chi connectivity index (χ0v) is 16.6. The lowest BCUT2D eigenvalue weighted by atomic mass is 10.1. The number of amides is 2. The third-order valence-corrected chi connectivity index (χ3v) is 4.86. The van der Waals surface area contributed by atoms with Gasteiger partial charge in [0.25, 0.3) is 0 Å². The lowest BCUT2D eigenvalue weighted by molar-refractivity contribution is -0.120. The van der Waals surface area contributed by atoms with Crippen molar-refractivity contribution in [2.24, 2.45) is 0 Å². The molecule has 1 aliphatic rings. The fraction of sp³-hybridized carbons (Fsp3) is 0.364. The van der Waals surface area contributed by atoms with Gasteiger partial charge in [-0.2, -0.15) is 0 Å². The van der Waals surface area contributed by atoms with E-state index >= 15 is 0 Å². The van der Waals surface area contributed by atoms with E-state index in [1.165, 1.54) is 0 Å². The maximum Gasteiger partial charge on any atom is 0.241 e. The summed E-state index contributed by atoms with van der Waals surface area (Å²) in [4.78, 5) is 28.8. The van der Waals surface area contributed by atoms with Crippen LogP contribution in [-0.2, 0) is 9.59 Å². The topological polar surface area (TPSA) is 61.9 Å². The van der Waals surface area contributed by atoms with Crippen LogP contribution in [-0.4, -0.2) is 49.5 Å². The lowest BCUT2D eigenvalue weighted by Crippen LogP contribution is -2.44. The van der Waals surface area contributed by atoms with Gasteiger partial charge >= 0.3 is 0 Å². The van der Waals surface area contributed by atoms with Crippen LogP contribution in [0.1, 0.15) is 18.9 Å². The minimum Gasteiger partial charge on any atom is -0.492 e. The third-order valence-electron chi connectivity index (χ3n) is 4.86. The smallest absolute Gasteiger partial charge is 0.241 e. The standard InChI is InChI=1S/C22H27N3O3/c1-16-8-4-7-11-20(16)28-13-12-24(3)15-22(27)25-17(2)14-21(26)23-18-9-5-6-10-19(18)25/h4-11,17H,12-15H2,1-3H3,(H,23,26)/t17-/m1/s1. The van der Waals surface area contributed by atoms with Gasteiger partial charge in [0.15, 0.2) is 0 Å². The Labute approximate surface area is 166 Å². The highest BCUT2D eigenvalue weighted by Gasteiger charge is 2.29. The molecular weight excluding hydrogens is 354 g/mol. The van der Waals surface area contributed by atoms with Crippen LogP contribution in [0.25, 0.3) is 0 Å². The number of benzene rings is 2. The Kier molecular flexibility index (Phi) is 6.31. The van der Waals surface area contributed by atoms with Gasteiger partial charge in [-0.25, -0.2) is 0 Å². The van der Waals surface area contributed by atoms with E-state index in [4.69, 9.17) is 4.74 Å². The molecule has 0 bridgehead atoms. The maximum atomic E-state index is 13.0. The second-order valence-corrected chi connectivity index (χ2v) is 7.23. The molecule has 3 rings (SSSR count). The number of aryl methyl sites for hydroxylation is 1. The Bertz CT molecular complexity index is 852. The van der Waals surface area contributed by atoms with Gasteiger partial charge in [0.05, 0.1) is 17.9 Å². The summed E-state index contributed by atoms with van der Waals surface area (Å²) in [7, 11) is 1.90. The van der Waals surface area contributed by atoms with Gasteiger partial charge in [-0.1, -0.05) is 30.3 Å². The summed E-state index contributed by atoms with van der Waals surface area (Å²) >= 11 is 0. The van der Waals surface area contributed by atoms with Crippen molar-refractivity contribution < 1.29 is 14.3 Å². The highest BCUT2D eigenvalue weighted by atomic mass is 16.5. The molecule has 0 spiro atoms. The highest BCUT2D eigenvalue weighted by Crippen LogP contribution is 2.31. The average Bonchev–Trinajstić information content (AvgIpc) is 2.77. The summed E-state index contributed by atoms with van der Waals surface area (Å²) in [5.74, 6) is 0.756. The largest absolute Gasteiger partial charge is 0.492 e. The molecule has 148 valence electrons. The van der Waals surface area contributed by atoms with Gasteiger partial charge in [0.2, 0.25) is 11.8 Å². The molecule has 2 aromatic carbocycles. The predicted molar refractivity (Wildman–Crippen MR) is 111 cm³/mol. The van der Waals surface area contributed by atoms with Crippen molar-refractivity contribution in [3.8, 4) is 5.75 Å². The molecule has 0 unspecified atom stereocenters. The molecular formula is C22H27N3O3. The van der Waals surface area contributed by atoms with E-state index in [2.05, 4.69) is 5.32 Å². The van der Waals surface area contributed by atoms with E-state index in [1.807, 2.05) is 74.3 Å². The number of nitrogens with one attached hydrogen (secondary N) is 1. The molecule has 2 aromatic rings. The first-order chi connectivity index (χ1) is 13.5. The molecule has 1 aliphatic heterocycles. The third kappa shape index (κ3) is 4.70. The van der Waals surface area contributed by atoms with E-state index in [0.29, 0.717) is 18.8 Å². The molecule has 0 aromatic heterocycles. The number of para-hydroxylation sites is 3. The fourth-order valence-corrected chi connectivity index (χ4v) is 3.38. The first-order valence-electron chi connectivity index (χ1n) is 9.53. The Morgan fingerprint density at radius 3 is 2.71 bits per heavy atom. The fourth-order valence-electron chi connectivity index (χ4n) is 3.38. The van der Waals surface area contributed by atoms with Crippen LogP contribution in [0.2, 0.25) is 0 Å². The van der Waals surface area contributed by atoms with E-state index in [9.17, 15) is 9.59 Å². The van der Waals surface area contributed by atoms with E-state index in [0.717, 1.165) is 17.0 Å². The molecule has 0 radical (unpaired) electrons. The van der Waals surface area contributed by atoms with Crippen molar-refractivity contribution in [2.45, 2.75) is 26.3 Å². The average molecular weight is 381 g/mol. The van der Waals surface area contributed by atoms with Crippen LogP contribution in [0.5, 0.6) is 5.75 Å². The minimum absolute atomic E-state index is 0.0326. The molecule has 2 amide bonds. The summed E-state index contributed by atoms with van der Waals surface area (Å²) < 4.78 is 5.82. The SMILES string of the molecule is Cc1ccccc1OCCN(C)CC(=O)N1c2ccccc2NC(=O)C[C@H]1C. The second-order valence-electron chi connectivity index (χ2n) is 7.23.